The van der Waals surface area contributed by atoms with Crippen LogP contribution in [0.25, 0.3) is 0 Å². The van der Waals surface area contributed by atoms with Gasteiger partial charge in [0.2, 0.25) is 10.0 Å². The van der Waals surface area contributed by atoms with E-state index < -0.39 is 10.0 Å². The van der Waals surface area contributed by atoms with E-state index in [0.29, 0.717) is 18.7 Å². The molecule has 5 nitrogen and oxygen atoms in total. The van der Waals surface area contributed by atoms with Gasteiger partial charge in [0.15, 0.2) is 0 Å². The van der Waals surface area contributed by atoms with Gasteiger partial charge in [-0.25, -0.2) is 8.42 Å². The molecule has 1 aromatic carbocycles. The van der Waals surface area contributed by atoms with Crippen LogP contribution in [0.4, 0.5) is 0 Å². The summed E-state index contributed by atoms with van der Waals surface area (Å²) in [6.45, 7) is 6.77. The van der Waals surface area contributed by atoms with E-state index in [4.69, 9.17) is 0 Å². The first-order valence-corrected chi connectivity index (χ1v) is 8.64. The summed E-state index contributed by atoms with van der Waals surface area (Å²) in [5.74, 6) is 0. The molecule has 2 rings (SSSR count). The van der Waals surface area contributed by atoms with Gasteiger partial charge in [0.1, 0.15) is 0 Å². The van der Waals surface area contributed by atoms with E-state index >= 15 is 0 Å². The summed E-state index contributed by atoms with van der Waals surface area (Å²) in [6.07, 6.45) is 0. The summed E-state index contributed by atoms with van der Waals surface area (Å²) in [4.78, 5) is 2.46. The van der Waals surface area contributed by atoms with Crippen LogP contribution in [-0.4, -0.2) is 55.0 Å². The molecule has 1 aliphatic heterocycles. The van der Waals surface area contributed by atoms with Crippen molar-refractivity contribution in [3.63, 3.8) is 0 Å². The molecule has 0 saturated carbocycles. The normalized spacial score (nSPS) is 25.2. The Morgan fingerprint density at radius 1 is 1.24 bits per heavy atom. The van der Waals surface area contributed by atoms with Crippen LogP contribution in [0.3, 0.4) is 0 Å². The summed E-state index contributed by atoms with van der Waals surface area (Å²) < 4.78 is 27.1. The van der Waals surface area contributed by atoms with Crippen molar-refractivity contribution in [2.75, 3.05) is 20.1 Å². The first-order chi connectivity index (χ1) is 9.77. The third-order valence-corrected chi connectivity index (χ3v) is 6.28. The van der Waals surface area contributed by atoms with Crippen LogP contribution in [0.15, 0.2) is 23.1 Å². The molecule has 0 bridgehead atoms. The van der Waals surface area contributed by atoms with Gasteiger partial charge in [0.05, 0.1) is 11.5 Å². The fraction of sp³-hybridized carbons (Fsp3) is 0.600. The lowest BCUT2D eigenvalue weighted by Crippen LogP contribution is -2.56. The Kier molecular flexibility index (Phi) is 4.72. The topological polar surface area (TPSA) is 60.9 Å². The van der Waals surface area contributed by atoms with E-state index in [-0.39, 0.29) is 23.6 Å². The van der Waals surface area contributed by atoms with E-state index in [1.165, 1.54) is 0 Å². The van der Waals surface area contributed by atoms with Gasteiger partial charge in [-0.05, 0) is 51.1 Å². The summed E-state index contributed by atoms with van der Waals surface area (Å²) >= 11 is 0. The average molecular weight is 312 g/mol. The summed E-state index contributed by atoms with van der Waals surface area (Å²) in [6, 6.07) is 5.33. The molecule has 2 atom stereocenters. The highest BCUT2D eigenvalue weighted by Crippen LogP contribution is 2.23. The van der Waals surface area contributed by atoms with E-state index in [9.17, 15) is 13.5 Å². The second-order valence-electron chi connectivity index (χ2n) is 5.93. The number of sulfonamides is 1. The van der Waals surface area contributed by atoms with Crippen LogP contribution >= 0.6 is 0 Å². The molecule has 0 radical (unpaired) electrons. The smallest absolute Gasteiger partial charge is 0.243 e. The Morgan fingerprint density at radius 3 is 2.33 bits per heavy atom. The molecule has 1 aliphatic rings. The van der Waals surface area contributed by atoms with E-state index in [2.05, 4.69) is 4.90 Å². The fourth-order valence-corrected chi connectivity index (χ4v) is 4.33. The van der Waals surface area contributed by atoms with Crippen molar-refractivity contribution in [1.82, 2.24) is 9.21 Å². The molecule has 1 N–H and O–H groups in total. The number of benzene rings is 1. The second kappa shape index (κ2) is 6.04. The van der Waals surface area contributed by atoms with Gasteiger partial charge in [-0.1, -0.05) is 6.07 Å². The maximum Gasteiger partial charge on any atom is 0.243 e. The SMILES string of the molecule is Cc1ccc(S(=O)(=O)N2CC(C)N(C)C(C)C2)cc1CO. The van der Waals surface area contributed by atoms with E-state index in [1.54, 1.807) is 22.5 Å². The highest BCUT2D eigenvalue weighted by Gasteiger charge is 2.34. The van der Waals surface area contributed by atoms with Crippen LogP contribution < -0.4 is 0 Å². The van der Waals surface area contributed by atoms with Crippen molar-refractivity contribution in [3.05, 3.63) is 29.3 Å². The van der Waals surface area contributed by atoms with Crippen LogP contribution in [0.1, 0.15) is 25.0 Å². The Morgan fingerprint density at radius 2 is 1.81 bits per heavy atom. The number of hydrogen-bond acceptors (Lipinski definition) is 4. The highest BCUT2D eigenvalue weighted by molar-refractivity contribution is 7.89. The number of likely N-dealkylation sites (N-methyl/N-ethyl adjacent to an activating group) is 1. The third kappa shape index (κ3) is 3.13. The lowest BCUT2D eigenvalue weighted by molar-refractivity contribution is 0.105. The lowest BCUT2D eigenvalue weighted by Gasteiger charge is -2.41. The van der Waals surface area contributed by atoms with Gasteiger partial charge in [-0.15, -0.1) is 0 Å². The summed E-state index contributed by atoms with van der Waals surface area (Å²) in [5.41, 5.74) is 1.56. The average Bonchev–Trinajstić information content (AvgIpc) is 2.44. The van der Waals surface area contributed by atoms with Crippen LogP contribution in [0.2, 0.25) is 0 Å². The summed E-state index contributed by atoms with van der Waals surface area (Å²) in [5, 5.41) is 9.32. The monoisotopic (exact) mass is 312 g/mol. The Balaban J connectivity index is 2.34. The standard InChI is InChI=1S/C15H24N2O3S/c1-11-5-6-15(7-14(11)10-18)21(19,20)17-8-12(2)16(4)13(3)9-17/h5-7,12-13,18H,8-10H2,1-4H3. The maximum atomic E-state index is 12.8. The molecular formula is C15H24N2O3S. The van der Waals surface area contributed by atoms with E-state index in [1.807, 2.05) is 27.8 Å². The Labute approximate surface area is 127 Å². The van der Waals surface area contributed by atoms with Crippen molar-refractivity contribution in [1.29, 1.82) is 0 Å². The van der Waals surface area contributed by atoms with Gasteiger partial charge >= 0.3 is 0 Å². The molecular weight excluding hydrogens is 288 g/mol. The molecule has 21 heavy (non-hydrogen) atoms. The number of piperazine rings is 1. The zero-order valence-electron chi connectivity index (χ0n) is 13.1. The van der Waals surface area contributed by atoms with Crippen LogP contribution in [-0.2, 0) is 16.6 Å². The maximum absolute atomic E-state index is 12.8. The minimum absolute atomic E-state index is 0.148. The Hall–Kier alpha value is -0.950. The number of rotatable bonds is 3. The second-order valence-corrected chi connectivity index (χ2v) is 7.87. The third-order valence-electron chi connectivity index (χ3n) is 4.45. The Bertz CT molecular complexity index is 603. The van der Waals surface area contributed by atoms with Crippen LogP contribution in [0.5, 0.6) is 0 Å². The first kappa shape index (κ1) is 16.4. The van der Waals surface area contributed by atoms with Gasteiger partial charge in [0.25, 0.3) is 0 Å². The van der Waals surface area contributed by atoms with Crippen molar-refractivity contribution in [2.45, 2.75) is 44.4 Å². The van der Waals surface area contributed by atoms with Crippen LogP contribution in [0, 0.1) is 6.92 Å². The van der Waals surface area contributed by atoms with Gasteiger partial charge in [-0.3, -0.25) is 4.90 Å². The van der Waals surface area contributed by atoms with Gasteiger partial charge in [-0.2, -0.15) is 4.31 Å². The fourth-order valence-electron chi connectivity index (χ4n) is 2.68. The van der Waals surface area contributed by atoms with Gasteiger partial charge in [0, 0.05) is 25.2 Å². The molecule has 118 valence electrons. The molecule has 6 heteroatoms. The molecule has 1 saturated heterocycles. The van der Waals surface area contributed by atoms with Crippen molar-refractivity contribution in [3.8, 4) is 0 Å². The zero-order valence-corrected chi connectivity index (χ0v) is 13.9. The molecule has 1 fully saturated rings. The molecule has 1 heterocycles. The first-order valence-electron chi connectivity index (χ1n) is 7.20. The molecule has 0 aromatic heterocycles. The van der Waals surface area contributed by atoms with Gasteiger partial charge < -0.3 is 5.11 Å². The van der Waals surface area contributed by atoms with Crippen molar-refractivity contribution < 1.29 is 13.5 Å². The molecule has 1 aromatic rings. The minimum Gasteiger partial charge on any atom is -0.392 e. The molecule has 0 aliphatic carbocycles. The number of aliphatic hydroxyl groups is 1. The molecule has 2 unspecified atom stereocenters. The number of aliphatic hydroxyl groups excluding tert-OH is 1. The lowest BCUT2D eigenvalue weighted by atomic mass is 10.1. The number of aryl methyl sites for hydroxylation is 1. The molecule has 0 amide bonds. The zero-order chi connectivity index (χ0) is 15.8. The minimum atomic E-state index is -3.51. The predicted octanol–water partition coefficient (Wildman–Crippen LogP) is 1.20. The molecule has 0 spiro atoms. The summed E-state index contributed by atoms with van der Waals surface area (Å²) in [7, 11) is -1.48. The largest absolute Gasteiger partial charge is 0.392 e. The van der Waals surface area contributed by atoms with E-state index in [0.717, 1.165) is 5.56 Å². The highest BCUT2D eigenvalue weighted by atomic mass is 32.2. The number of nitrogens with zero attached hydrogens (tertiary/aromatic N) is 2. The van der Waals surface area contributed by atoms with Crippen molar-refractivity contribution in [2.24, 2.45) is 0 Å². The van der Waals surface area contributed by atoms with Crippen molar-refractivity contribution >= 4 is 10.0 Å². The quantitative estimate of drug-likeness (QED) is 0.911. The predicted molar refractivity (Wildman–Crippen MR) is 82.5 cm³/mol. The number of hydrogen-bond donors (Lipinski definition) is 1.